The molecule has 0 saturated heterocycles. The van der Waals surface area contributed by atoms with Crippen LogP contribution in [0.15, 0.2) is 22.5 Å². The van der Waals surface area contributed by atoms with Crippen molar-refractivity contribution in [2.45, 2.75) is 46.1 Å². The first-order valence-corrected chi connectivity index (χ1v) is 8.94. The van der Waals surface area contributed by atoms with Gasteiger partial charge in [-0.1, -0.05) is 13.0 Å². The standard InChI is InChI=1S/C17H30N4OS/c1-7-18-16(19-11-13(2)14-9-8-10-23-14)21(6)12-15(22)20-17(3,4)5/h8-10,13H,7,11-12H2,1-6H3,(H,18,19)(H,20,22). The van der Waals surface area contributed by atoms with Gasteiger partial charge in [0.1, 0.15) is 0 Å². The van der Waals surface area contributed by atoms with Crippen molar-refractivity contribution in [2.75, 3.05) is 26.7 Å². The second kappa shape index (κ2) is 8.91. The normalized spacial score (nSPS) is 13.6. The highest BCUT2D eigenvalue weighted by Crippen LogP contribution is 2.20. The lowest BCUT2D eigenvalue weighted by Gasteiger charge is -2.25. The zero-order valence-corrected chi connectivity index (χ0v) is 16.0. The lowest BCUT2D eigenvalue weighted by atomic mass is 10.1. The molecule has 6 heteroatoms. The molecule has 130 valence electrons. The molecule has 5 nitrogen and oxygen atoms in total. The van der Waals surface area contributed by atoms with Crippen molar-refractivity contribution >= 4 is 23.2 Å². The Bertz CT molecular complexity index is 505. The average molecular weight is 339 g/mol. The molecule has 0 aliphatic carbocycles. The Hall–Kier alpha value is -1.56. The van der Waals surface area contributed by atoms with Crippen LogP contribution in [-0.4, -0.2) is 49.0 Å². The van der Waals surface area contributed by atoms with E-state index in [-0.39, 0.29) is 18.0 Å². The fourth-order valence-corrected chi connectivity index (χ4v) is 2.88. The Morgan fingerprint density at radius 1 is 1.43 bits per heavy atom. The molecule has 0 fully saturated rings. The van der Waals surface area contributed by atoms with Crippen molar-refractivity contribution in [1.29, 1.82) is 0 Å². The van der Waals surface area contributed by atoms with Crippen molar-refractivity contribution < 1.29 is 4.79 Å². The molecular weight excluding hydrogens is 308 g/mol. The Morgan fingerprint density at radius 3 is 2.65 bits per heavy atom. The third-order valence-electron chi connectivity index (χ3n) is 3.14. The van der Waals surface area contributed by atoms with Crippen LogP contribution in [0.4, 0.5) is 0 Å². The summed E-state index contributed by atoms with van der Waals surface area (Å²) in [6, 6.07) is 4.20. The molecule has 23 heavy (non-hydrogen) atoms. The van der Waals surface area contributed by atoms with Crippen LogP contribution in [0, 0.1) is 0 Å². The van der Waals surface area contributed by atoms with Gasteiger partial charge in [-0.3, -0.25) is 9.79 Å². The molecule has 2 N–H and O–H groups in total. The number of nitrogens with zero attached hydrogens (tertiary/aromatic N) is 2. The fourth-order valence-electron chi connectivity index (χ4n) is 2.10. The van der Waals surface area contributed by atoms with Crippen LogP contribution >= 0.6 is 11.3 Å². The molecule has 0 radical (unpaired) electrons. The second-order valence-electron chi connectivity index (χ2n) is 6.77. The summed E-state index contributed by atoms with van der Waals surface area (Å²) in [5, 5.41) is 8.31. The maximum Gasteiger partial charge on any atom is 0.240 e. The van der Waals surface area contributed by atoms with Crippen LogP contribution < -0.4 is 10.6 Å². The summed E-state index contributed by atoms with van der Waals surface area (Å²) in [6.07, 6.45) is 0. The zero-order chi connectivity index (χ0) is 17.5. The van der Waals surface area contributed by atoms with Gasteiger partial charge >= 0.3 is 0 Å². The van der Waals surface area contributed by atoms with Gasteiger partial charge in [-0.05, 0) is 39.1 Å². The molecule has 0 aromatic carbocycles. The van der Waals surface area contributed by atoms with E-state index in [9.17, 15) is 4.79 Å². The van der Waals surface area contributed by atoms with Crippen LogP contribution in [-0.2, 0) is 4.79 Å². The quantitative estimate of drug-likeness (QED) is 0.619. The maximum atomic E-state index is 12.1. The Morgan fingerprint density at radius 2 is 2.13 bits per heavy atom. The number of carbonyl (C=O) groups is 1. The minimum Gasteiger partial charge on any atom is -0.357 e. The van der Waals surface area contributed by atoms with E-state index >= 15 is 0 Å². The molecule has 0 aliphatic heterocycles. The van der Waals surface area contributed by atoms with Gasteiger partial charge in [-0.2, -0.15) is 0 Å². The van der Waals surface area contributed by atoms with Gasteiger partial charge in [-0.25, -0.2) is 0 Å². The molecule has 1 amide bonds. The van der Waals surface area contributed by atoms with Crippen molar-refractivity contribution in [3.8, 4) is 0 Å². The van der Waals surface area contributed by atoms with E-state index in [1.54, 1.807) is 11.3 Å². The topological polar surface area (TPSA) is 56.7 Å². The third-order valence-corrected chi connectivity index (χ3v) is 4.24. The van der Waals surface area contributed by atoms with Gasteiger partial charge in [0.05, 0.1) is 13.1 Å². The monoisotopic (exact) mass is 338 g/mol. The van der Waals surface area contributed by atoms with Crippen LogP contribution in [0.3, 0.4) is 0 Å². The molecule has 1 heterocycles. The van der Waals surface area contributed by atoms with E-state index in [4.69, 9.17) is 0 Å². The fraction of sp³-hybridized carbons (Fsp3) is 0.647. The predicted octanol–water partition coefficient (Wildman–Crippen LogP) is 2.66. The molecule has 1 aromatic rings. The number of thiophene rings is 1. The third kappa shape index (κ3) is 7.50. The zero-order valence-electron chi connectivity index (χ0n) is 15.1. The van der Waals surface area contributed by atoms with Crippen LogP contribution in [0.25, 0.3) is 0 Å². The summed E-state index contributed by atoms with van der Waals surface area (Å²) >= 11 is 1.75. The molecule has 1 aromatic heterocycles. The molecule has 0 spiro atoms. The number of nitrogens with one attached hydrogen (secondary N) is 2. The first-order chi connectivity index (χ1) is 10.7. The minimum atomic E-state index is -0.221. The number of carbonyl (C=O) groups excluding carboxylic acids is 1. The van der Waals surface area contributed by atoms with Crippen LogP contribution in [0.5, 0.6) is 0 Å². The number of amides is 1. The number of guanidine groups is 1. The number of likely N-dealkylation sites (N-methyl/N-ethyl adjacent to an activating group) is 1. The smallest absolute Gasteiger partial charge is 0.240 e. The highest BCUT2D eigenvalue weighted by atomic mass is 32.1. The van der Waals surface area contributed by atoms with E-state index in [2.05, 4.69) is 40.1 Å². The SMILES string of the molecule is CCNC(=NCC(C)c1cccs1)N(C)CC(=O)NC(C)(C)C. The highest BCUT2D eigenvalue weighted by Gasteiger charge is 2.17. The summed E-state index contributed by atoms with van der Waals surface area (Å²) in [5.41, 5.74) is -0.221. The predicted molar refractivity (Wildman–Crippen MR) is 99.2 cm³/mol. The van der Waals surface area contributed by atoms with E-state index in [1.807, 2.05) is 39.6 Å². The van der Waals surface area contributed by atoms with Gasteiger partial charge in [-0.15, -0.1) is 11.3 Å². The molecule has 0 saturated carbocycles. The number of aliphatic imine (C=N–C) groups is 1. The van der Waals surface area contributed by atoms with Crippen molar-refractivity contribution in [1.82, 2.24) is 15.5 Å². The van der Waals surface area contributed by atoms with Gasteiger partial charge in [0.25, 0.3) is 0 Å². The summed E-state index contributed by atoms with van der Waals surface area (Å²) < 4.78 is 0. The van der Waals surface area contributed by atoms with E-state index in [1.165, 1.54) is 4.88 Å². The molecule has 1 atom stereocenters. The summed E-state index contributed by atoms with van der Waals surface area (Å²) in [5.74, 6) is 1.14. The number of rotatable bonds is 6. The molecule has 1 unspecified atom stereocenters. The average Bonchev–Trinajstić information content (AvgIpc) is 2.94. The van der Waals surface area contributed by atoms with Gasteiger partial charge in [0.15, 0.2) is 5.96 Å². The minimum absolute atomic E-state index is 0.00286. The molecular formula is C17H30N4OS. The van der Waals surface area contributed by atoms with Crippen LogP contribution in [0.2, 0.25) is 0 Å². The lowest BCUT2D eigenvalue weighted by Crippen LogP contribution is -2.48. The van der Waals surface area contributed by atoms with Crippen molar-refractivity contribution in [3.05, 3.63) is 22.4 Å². The van der Waals surface area contributed by atoms with Crippen molar-refractivity contribution in [2.24, 2.45) is 4.99 Å². The number of hydrogen-bond acceptors (Lipinski definition) is 3. The lowest BCUT2D eigenvalue weighted by molar-refractivity contribution is -0.122. The van der Waals surface area contributed by atoms with E-state index in [0.29, 0.717) is 12.5 Å². The second-order valence-corrected chi connectivity index (χ2v) is 7.74. The van der Waals surface area contributed by atoms with E-state index in [0.717, 1.165) is 12.5 Å². The number of hydrogen-bond donors (Lipinski definition) is 2. The summed E-state index contributed by atoms with van der Waals surface area (Å²) in [4.78, 5) is 19.9. The van der Waals surface area contributed by atoms with Crippen LogP contribution in [0.1, 0.15) is 45.4 Å². The Labute approximate surface area is 144 Å². The first kappa shape index (κ1) is 19.5. The first-order valence-electron chi connectivity index (χ1n) is 8.06. The summed E-state index contributed by atoms with van der Waals surface area (Å²) in [7, 11) is 1.89. The van der Waals surface area contributed by atoms with Gasteiger partial charge in [0, 0.05) is 29.9 Å². The molecule has 0 bridgehead atoms. The Balaban J connectivity index is 2.64. The van der Waals surface area contributed by atoms with Crippen molar-refractivity contribution in [3.63, 3.8) is 0 Å². The van der Waals surface area contributed by atoms with E-state index < -0.39 is 0 Å². The van der Waals surface area contributed by atoms with Gasteiger partial charge < -0.3 is 15.5 Å². The molecule has 0 aliphatic rings. The summed E-state index contributed by atoms with van der Waals surface area (Å²) in [6.45, 7) is 11.9. The maximum absolute atomic E-state index is 12.1. The highest BCUT2D eigenvalue weighted by molar-refractivity contribution is 7.10. The van der Waals surface area contributed by atoms with Gasteiger partial charge in [0.2, 0.25) is 5.91 Å². The largest absolute Gasteiger partial charge is 0.357 e. The molecule has 1 rings (SSSR count). The Kier molecular flexibility index (Phi) is 7.55.